The third-order valence-corrected chi connectivity index (χ3v) is 10.9. The highest BCUT2D eigenvalue weighted by atomic mass is 31.2. The van der Waals surface area contributed by atoms with E-state index in [2.05, 4.69) is 33.0 Å². The molecule has 32 heavy (non-hydrogen) atoms. The van der Waals surface area contributed by atoms with Gasteiger partial charge in [-0.3, -0.25) is 4.79 Å². The molecule has 0 aromatic heterocycles. The maximum atomic E-state index is 10.7. The molecule has 1 aromatic carbocycles. The molecule has 1 unspecified atom stereocenters. The number of carboxylic acids is 1. The summed E-state index contributed by atoms with van der Waals surface area (Å²) in [4.78, 5) is 21.5. The zero-order valence-electron chi connectivity index (χ0n) is 21.3. The Balaban J connectivity index is 0.000000604. The Labute approximate surface area is 198 Å². The lowest BCUT2D eigenvalue weighted by atomic mass is 10.1. The minimum absolute atomic E-state index is 0.239. The van der Waals surface area contributed by atoms with Crippen molar-refractivity contribution in [3.8, 4) is 0 Å². The van der Waals surface area contributed by atoms with E-state index in [1.54, 1.807) is 36.8 Å². The topological polar surface area (TPSA) is 69.2 Å². The molecule has 0 saturated carbocycles. The number of benzene rings is 1. The van der Waals surface area contributed by atoms with Gasteiger partial charge in [0.25, 0.3) is 0 Å². The van der Waals surface area contributed by atoms with Gasteiger partial charge in [0.2, 0.25) is 5.91 Å². The van der Waals surface area contributed by atoms with Gasteiger partial charge in [-0.15, -0.1) is 0 Å². The lowest BCUT2D eigenvalue weighted by Gasteiger charge is -2.28. The SMILES string of the molecule is CC(=O)NC(Cc1ccccc1)C(=O)[O-].CCCC[P+](CCCC)(CCCC)CCCC. The maximum Gasteiger partial charge on any atom is 0.217 e. The molecule has 0 aliphatic heterocycles. The number of amides is 1. The summed E-state index contributed by atoms with van der Waals surface area (Å²) in [6.07, 6.45) is 18.2. The Morgan fingerprint density at radius 2 is 1.22 bits per heavy atom. The molecule has 5 heteroatoms. The molecule has 184 valence electrons. The molecule has 1 aromatic rings. The standard InChI is InChI=1S/C16H36P.C11H13NO3/c1-5-9-13-17(14-10-6-2,15-11-7-3)16-12-8-4;1-8(13)12-10(11(14)15)7-9-5-3-2-4-6-9/h5-16H2,1-4H3;2-6,10H,7H2,1H3,(H,12,13)(H,14,15)/q+1;/p-1. The lowest BCUT2D eigenvalue weighted by molar-refractivity contribution is -0.308. The van der Waals surface area contributed by atoms with E-state index in [-0.39, 0.29) is 12.3 Å². The highest BCUT2D eigenvalue weighted by Gasteiger charge is 2.34. The van der Waals surface area contributed by atoms with E-state index in [4.69, 9.17) is 0 Å². The second kappa shape index (κ2) is 19.1. The molecule has 0 fully saturated rings. The minimum Gasteiger partial charge on any atom is -0.548 e. The van der Waals surface area contributed by atoms with Crippen molar-refractivity contribution in [3.05, 3.63) is 35.9 Å². The second-order valence-electron chi connectivity index (χ2n) is 8.91. The number of nitrogens with one attached hydrogen (secondary N) is 1. The number of carboxylic acid groups (broad SMARTS) is 1. The molecular formula is C27H48NO3P. The van der Waals surface area contributed by atoms with Gasteiger partial charge in [-0.1, -0.05) is 83.7 Å². The molecule has 0 bridgehead atoms. The first-order valence-electron chi connectivity index (χ1n) is 12.7. The molecule has 1 atom stereocenters. The lowest BCUT2D eigenvalue weighted by Crippen LogP contribution is -2.48. The largest absolute Gasteiger partial charge is 0.548 e. The predicted octanol–water partition coefficient (Wildman–Crippen LogP) is 5.69. The summed E-state index contributed by atoms with van der Waals surface area (Å²) in [7, 11) is -0.562. The summed E-state index contributed by atoms with van der Waals surface area (Å²) in [5.74, 6) is -1.64. The van der Waals surface area contributed by atoms with Gasteiger partial charge in [-0.2, -0.15) is 0 Å². The van der Waals surface area contributed by atoms with Crippen LogP contribution >= 0.6 is 7.26 Å². The van der Waals surface area contributed by atoms with Crippen molar-refractivity contribution in [2.75, 3.05) is 24.6 Å². The molecule has 1 amide bonds. The summed E-state index contributed by atoms with van der Waals surface area (Å²) in [5.41, 5.74) is 0.848. The average Bonchev–Trinajstić information content (AvgIpc) is 2.78. The highest BCUT2D eigenvalue weighted by molar-refractivity contribution is 7.75. The van der Waals surface area contributed by atoms with Crippen LogP contribution in [-0.4, -0.2) is 42.6 Å². The Bertz CT molecular complexity index is 569. The van der Waals surface area contributed by atoms with Gasteiger partial charge in [-0.05, 0) is 37.7 Å². The third-order valence-electron chi connectivity index (χ3n) is 5.89. The smallest absolute Gasteiger partial charge is 0.217 e. The Morgan fingerprint density at radius 1 is 0.812 bits per heavy atom. The van der Waals surface area contributed by atoms with Gasteiger partial charge in [-0.25, -0.2) is 0 Å². The highest BCUT2D eigenvalue weighted by Crippen LogP contribution is 2.61. The number of aliphatic carboxylic acids is 1. The van der Waals surface area contributed by atoms with Crippen LogP contribution in [0.2, 0.25) is 0 Å². The Hall–Kier alpha value is -1.41. The number of hydrogen-bond acceptors (Lipinski definition) is 3. The average molecular weight is 466 g/mol. The third kappa shape index (κ3) is 14.6. The summed E-state index contributed by atoms with van der Waals surface area (Å²) in [6.45, 7) is 10.7. The van der Waals surface area contributed by atoms with E-state index >= 15 is 0 Å². The quantitative estimate of drug-likeness (QED) is 0.319. The summed E-state index contributed by atoms with van der Waals surface area (Å²) in [6, 6.07) is 8.11. The number of unbranched alkanes of at least 4 members (excludes halogenated alkanes) is 4. The number of rotatable bonds is 16. The monoisotopic (exact) mass is 465 g/mol. The molecule has 1 N–H and O–H groups in total. The van der Waals surface area contributed by atoms with Crippen LogP contribution in [0.4, 0.5) is 0 Å². The van der Waals surface area contributed by atoms with Gasteiger partial charge in [0.15, 0.2) is 0 Å². The fourth-order valence-corrected chi connectivity index (χ4v) is 9.22. The minimum atomic E-state index is -1.27. The van der Waals surface area contributed by atoms with E-state index < -0.39 is 19.3 Å². The normalized spacial score (nSPS) is 11.9. The van der Waals surface area contributed by atoms with Gasteiger partial charge in [0.1, 0.15) is 0 Å². The van der Waals surface area contributed by atoms with Gasteiger partial charge < -0.3 is 15.2 Å². The first-order chi connectivity index (χ1) is 15.3. The molecule has 0 aliphatic rings. The zero-order chi connectivity index (χ0) is 24.2. The van der Waals surface area contributed by atoms with Crippen LogP contribution in [0, 0.1) is 0 Å². The molecule has 0 heterocycles. The van der Waals surface area contributed by atoms with Crippen LogP contribution in [-0.2, 0) is 16.0 Å². The van der Waals surface area contributed by atoms with Gasteiger partial charge in [0.05, 0.1) is 36.7 Å². The molecule has 4 nitrogen and oxygen atoms in total. The van der Waals surface area contributed by atoms with E-state index in [0.29, 0.717) is 0 Å². The van der Waals surface area contributed by atoms with E-state index in [9.17, 15) is 14.7 Å². The number of carbonyl (C=O) groups excluding carboxylic acids is 2. The summed E-state index contributed by atoms with van der Waals surface area (Å²) < 4.78 is 0. The van der Waals surface area contributed by atoms with Crippen LogP contribution in [0.1, 0.15) is 91.5 Å². The zero-order valence-corrected chi connectivity index (χ0v) is 22.2. The van der Waals surface area contributed by atoms with Crippen molar-refractivity contribution >= 4 is 19.1 Å². The fraction of sp³-hybridized carbons (Fsp3) is 0.704. The van der Waals surface area contributed by atoms with Crippen LogP contribution in [0.5, 0.6) is 0 Å². The molecule has 0 spiro atoms. The Morgan fingerprint density at radius 3 is 1.53 bits per heavy atom. The number of hydrogen-bond donors (Lipinski definition) is 1. The van der Waals surface area contributed by atoms with Crippen LogP contribution in [0.15, 0.2) is 30.3 Å². The molecule has 0 saturated heterocycles. The van der Waals surface area contributed by atoms with Crippen molar-refractivity contribution in [1.82, 2.24) is 5.32 Å². The van der Waals surface area contributed by atoms with Crippen molar-refractivity contribution < 1.29 is 14.7 Å². The van der Waals surface area contributed by atoms with E-state index in [1.807, 2.05) is 18.2 Å². The molecule has 0 radical (unpaired) electrons. The molecule has 0 aliphatic carbocycles. The Kier molecular flexibility index (Phi) is 18.3. The first kappa shape index (κ1) is 30.6. The van der Waals surface area contributed by atoms with Crippen LogP contribution < -0.4 is 10.4 Å². The van der Waals surface area contributed by atoms with Crippen molar-refractivity contribution in [2.45, 2.75) is 98.4 Å². The van der Waals surface area contributed by atoms with Crippen LogP contribution in [0.3, 0.4) is 0 Å². The number of carbonyl (C=O) groups is 2. The second-order valence-corrected chi connectivity index (χ2v) is 13.4. The van der Waals surface area contributed by atoms with Crippen molar-refractivity contribution in [3.63, 3.8) is 0 Å². The first-order valence-corrected chi connectivity index (χ1v) is 15.2. The van der Waals surface area contributed by atoms with Gasteiger partial charge >= 0.3 is 0 Å². The fourth-order valence-electron chi connectivity index (χ4n) is 3.93. The molecule has 1 rings (SSSR count). The van der Waals surface area contributed by atoms with E-state index in [0.717, 1.165) is 5.56 Å². The van der Waals surface area contributed by atoms with Crippen molar-refractivity contribution in [1.29, 1.82) is 0 Å². The van der Waals surface area contributed by atoms with Gasteiger partial charge in [0, 0.05) is 14.2 Å². The molecular weight excluding hydrogens is 417 g/mol. The summed E-state index contributed by atoms with van der Waals surface area (Å²) >= 11 is 0. The van der Waals surface area contributed by atoms with E-state index in [1.165, 1.54) is 58.3 Å². The summed E-state index contributed by atoms with van der Waals surface area (Å²) in [5, 5.41) is 13.0. The van der Waals surface area contributed by atoms with Crippen LogP contribution in [0.25, 0.3) is 0 Å². The predicted molar refractivity (Wildman–Crippen MR) is 139 cm³/mol. The maximum absolute atomic E-state index is 10.7. The van der Waals surface area contributed by atoms with Crippen molar-refractivity contribution in [2.24, 2.45) is 0 Å².